The monoisotopic (exact) mass is 289 g/mol. The van der Waals surface area contributed by atoms with Crippen LogP contribution in [0.4, 0.5) is 0 Å². The van der Waals surface area contributed by atoms with Crippen molar-refractivity contribution in [3.8, 4) is 11.5 Å². The second-order valence-electron chi connectivity index (χ2n) is 4.05. The molecule has 0 fully saturated rings. The highest BCUT2D eigenvalue weighted by Gasteiger charge is 2.13. The zero-order chi connectivity index (χ0) is 15.2. The van der Waals surface area contributed by atoms with Gasteiger partial charge in [0.15, 0.2) is 0 Å². The molecule has 0 saturated heterocycles. The summed E-state index contributed by atoms with van der Waals surface area (Å²) in [6.07, 6.45) is 0. The van der Waals surface area contributed by atoms with E-state index in [9.17, 15) is 20.0 Å². The lowest BCUT2D eigenvalue weighted by Gasteiger charge is -2.07. The van der Waals surface area contributed by atoms with Gasteiger partial charge in [0.05, 0.1) is 0 Å². The summed E-state index contributed by atoms with van der Waals surface area (Å²) in [4.78, 5) is 26.3. The molecule has 0 radical (unpaired) electrons. The average molecular weight is 289 g/mol. The number of rotatable bonds is 5. The highest BCUT2D eigenvalue weighted by Crippen LogP contribution is 2.20. The van der Waals surface area contributed by atoms with Crippen molar-refractivity contribution >= 4 is 5.97 Å². The molecule has 21 heavy (non-hydrogen) atoms. The van der Waals surface area contributed by atoms with Crippen LogP contribution in [0.15, 0.2) is 48.5 Å². The number of hydrogen-bond donors (Lipinski definition) is 1. The molecule has 0 heterocycles. The summed E-state index contributed by atoms with van der Waals surface area (Å²) in [5.41, 5.74) is 0.513. The summed E-state index contributed by atoms with van der Waals surface area (Å²) < 4.78 is 5.10. The maximum Gasteiger partial charge on any atom is 0.347 e. The van der Waals surface area contributed by atoms with E-state index in [4.69, 9.17) is 4.74 Å². The predicted octanol–water partition coefficient (Wildman–Crippen LogP) is 2.32. The SMILES string of the molecule is O=C(Oc1cccc(CO[N+](=O)[O-])c1)c1ccccc1O. The van der Waals surface area contributed by atoms with Gasteiger partial charge in [-0.3, -0.25) is 0 Å². The molecule has 0 aliphatic carbocycles. The van der Waals surface area contributed by atoms with Crippen molar-refractivity contribution in [1.82, 2.24) is 0 Å². The van der Waals surface area contributed by atoms with Gasteiger partial charge >= 0.3 is 5.97 Å². The molecule has 7 heteroatoms. The summed E-state index contributed by atoms with van der Waals surface area (Å²) in [5, 5.41) is 18.8. The molecule has 0 bridgehead atoms. The largest absolute Gasteiger partial charge is 0.507 e. The maximum absolute atomic E-state index is 11.9. The Morgan fingerprint density at radius 1 is 1.19 bits per heavy atom. The number of esters is 1. The minimum atomic E-state index is -0.902. The number of carbonyl (C=O) groups is 1. The summed E-state index contributed by atoms with van der Waals surface area (Å²) in [6.45, 7) is -0.241. The molecular formula is C14H11NO6. The third kappa shape index (κ3) is 3.93. The molecule has 2 aromatic rings. The molecule has 7 nitrogen and oxygen atoms in total. The smallest absolute Gasteiger partial charge is 0.347 e. The predicted molar refractivity (Wildman–Crippen MR) is 71.3 cm³/mol. The van der Waals surface area contributed by atoms with Crippen LogP contribution in [0, 0.1) is 10.1 Å². The summed E-state index contributed by atoms with van der Waals surface area (Å²) in [7, 11) is 0. The highest BCUT2D eigenvalue weighted by atomic mass is 16.9. The third-order valence-corrected chi connectivity index (χ3v) is 2.57. The molecule has 0 aromatic heterocycles. The van der Waals surface area contributed by atoms with Gasteiger partial charge in [0.2, 0.25) is 0 Å². The highest BCUT2D eigenvalue weighted by molar-refractivity contribution is 5.93. The molecule has 0 unspecified atom stereocenters. The molecule has 0 saturated carbocycles. The molecule has 108 valence electrons. The molecule has 1 N–H and O–H groups in total. The van der Waals surface area contributed by atoms with Crippen LogP contribution in [0.1, 0.15) is 15.9 Å². The van der Waals surface area contributed by atoms with Crippen LogP contribution in [0.2, 0.25) is 0 Å². The number of phenolic OH excluding ortho intramolecular Hbond substituents is 1. The van der Waals surface area contributed by atoms with E-state index in [0.717, 1.165) is 0 Å². The number of nitrogens with zero attached hydrogens (tertiary/aromatic N) is 1. The Hall–Kier alpha value is -3.09. The number of benzene rings is 2. The lowest BCUT2D eigenvalue weighted by molar-refractivity contribution is -0.763. The Morgan fingerprint density at radius 2 is 1.95 bits per heavy atom. The fourth-order valence-corrected chi connectivity index (χ4v) is 1.63. The fourth-order valence-electron chi connectivity index (χ4n) is 1.63. The second kappa shape index (κ2) is 6.38. The van der Waals surface area contributed by atoms with Crippen LogP contribution < -0.4 is 4.74 Å². The van der Waals surface area contributed by atoms with Crippen molar-refractivity contribution in [1.29, 1.82) is 0 Å². The maximum atomic E-state index is 11.9. The molecule has 0 aliphatic heterocycles. The van der Waals surface area contributed by atoms with E-state index in [1.165, 1.54) is 24.3 Å². The first-order chi connectivity index (χ1) is 10.1. The molecular weight excluding hydrogens is 278 g/mol. The minimum absolute atomic E-state index is 0.0319. The fraction of sp³-hybridized carbons (Fsp3) is 0.0714. The van der Waals surface area contributed by atoms with Crippen molar-refractivity contribution in [3.63, 3.8) is 0 Å². The summed E-state index contributed by atoms with van der Waals surface area (Å²) in [5.74, 6) is -0.705. The van der Waals surface area contributed by atoms with Crippen molar-refractivity contribution in [2.24, 2.45) is 0 Å². The van der Waals surface area contributed by atoms with E-state index in [0.29, 0.717) is 5.56 Å². The van der Waals surface area contributed by atoms with Crippen molar-refractivity contribution < 1.29 is 24.6 Å². The van der Waals surface area contributed by atoms with Gasteiger partial charge in [-0.2, -0.15) is 0 Å². The minimum Gasteiger partial charge on any atom is -0.507 e. The first-order valence-corrected chi connectivity index (χ1v) is 5.92. The topological polar surface area (TPSA) is 98.9 Å². The van der Waals surface area contributed by atoms with Crippen LogP contribution in [0.25, 0.3) is 0 Å². The van der Waals surface area contributed by atoms with Gasteiger partial charge in [-0.25, -0.2) is 4.79 Å². The average Bonchev–Trinajstić information content (AvgIpc) is 2.46. The Balaban J connectivity index is 2.09. The number of phenols is 1. The van der Waals surface area contributed by atoms with Gasteiger partial charge in [0, 0.05) is 0 Å². The second-order valence-corrected chi connectivity index (χ2v) is 4.05. The standard InChI is InChI=1S/C14H11NO6/c16-13-7-2-1-6-12(13)14(17)21-11-5-3-4-10(8-11)9-20-15(18)19/h1-8,16H,9H2. The van der Waals surface area contributed by atoms with Crippen LogP contribution in [0.5, 0.6) is 11.5 Å². The molecule has 0 atom stereocenters. The van der Waals surface area contributed by atoms with Gasteiger partial charge < -0.3 is 14.7 Å². The van der Waals surface area contributed by atoms with Crippen LogP contribution in [0.3, 0.4) is 0 Å². The molecule has 2 rings (SSSR count). The van der Waals surface area contributed by atoms with Gasteiger partial charge in [0.25, 0.3) is 5.09 Å². The zero-order valence-corrected chi connectivity index (χ0v) is 10.8. The number of carbonyl (C=O) groups excluding carboxylic acids is 1. The zero-order valence-electron chi connectivity index (χ0n) is 10.8. The molecule has 0 amide bonds. The van der Waals surface area contributed by atoms with E-state index >= 15 is 0 Å². The number of para-hydroxylation sites is 1. The first-order valence-electron chi connectivity index (χ1n) is 5.92. The van der Waals surface area contributed by atoms with Crippen molar-refractivity contribution in [2.45, 2.75) is 6.61 Å². The lowest BCUT2D eigenvalue weighted by atomic mass is 10.2. The normalized spacial score (nSPS) is 9.90. The van der Waals surface area contributed by atoms with Crippen LogP contribution in [-0.2, 0) is 11.4 Å². The molecule has 0 aliphatic rings. The Bertz CT molecular complexity index is 670. The molecule has 2 aromatic carbocycles. The van der Waals surface area contributed by atoms with Crippen LogP contribution in [-0.4, -0.2) is 16.2 Å². The number of ether oxygens (including phenoxy) is 1. The van der Waals surface area contributed by atoms with Crippen molar-refractivity contribution in [2.75, 3.05) is 0 Å². The van der Waals surface area contributed by atoms with Gasteiger partial charge in [0.1, 0.15) is 23.7 Å². The van der Waals surface area contributed by atoms with E-state index in [1.807, 2.05) is 0 Å². The van der Waals surface area contributed by atoms with Gasteiger partial charge in [-0.05, 0) is 29.8 Å². The van der Waals surface area contributed by atoms with Crippen LogP contribution >= 0.6 is 0 Å². The Labute approximate surface area is 119 Å². The Morgan fingerprint density at radius 3 is 2.67 bits per heavy atom. The van der Waals surface area contributed by atoms with E-state index in [2.05, 4.69) is 4.84 Å². The first kappa shape index (κ1) is 14.3. The number of aromatic hydroxyl groups is 1. The van der Waals surface area contributed by atoms with Gasteiger partial charge in [-0.15, -0.1) is 10.1 Å². The van der Waals surface area contributed by atoms with Gasteiger partial charge in [-0.1, -0.05) is 24.3 Å². The summed E-state index contributed by atoms with van der Waals surface area (Å²) in [6, 6.07) is 12.1. The Kier molecular flexibility index (Phi) is 4.35. The third-order valence-electron chi connectivity index (χ3n) is 2.57. The molecule has 0 spiro atoms. The van der Waals surface area contributed by atoms with Crippen molar-refractivity contribution in [3.05, 3.63) is 69.8 Å². The lowest BCUT2D eigenvalue weighted by Crippen LogP contribution is -2.09. The van der Waals surface area contributed by atoms with E-state index in [1.54, 1.807) is 24.3 Å². The quantitative estimate of drug-likeness (QED) is 0.392. The van der Waals surface area contributed by atoms with E-state index in [-0.39, 0.29) is 23.7 Å². The summed E-state index contributed by atoms with van der Waals surface area (Å²) >= 11 is 0. The van der Waals surface area contributed by atoms with E-state index < -0.39 is 11.1 Å². The number of hydrogen-bond acceptors (Lipinski definition) is 6.